The van der Waals surface area contributed by atoms with E-state index in [-0.39, 0.29) is 12.1 Å². The van der Waals surface area contributed by atoms with E-state index in [0.717, 1.165) is 18.2 Å². The molecule has 96 valence electrons. The van der Waals surface area contributed by atoms with Crippen LogP contribution in [0.5, 0.6) is 0 Å². The van der Waals surface area contributed by atoms with Crippen LogP contribution in [-0.4, -0.2) is 19.9 Å². The lowest BCUT2D eigenvalue weighted by molar-refractivity contribution is 0.145. The first-order valence-electron chi connectivity index (χ1n) is 5.48. The van der Waals surface area contributed by atoms with Gasteiger partial charge in [0.05, 0.1) is 6.54 Å². The molecule has 4 nitrogen and oxygen atoms in total. The summed E-state index contributed by atoms with van der Waals surface area (Å²) in [6.07, 6.45) is -1.17. The van der Waals surface area contributed by atoms with E-state index in [4.69, 9.17) is 0 Å². The molecule has 1 aromatic carbocycles. The van der Waals surface area contributed by atoms with Gasteiger partial charge in [0.25, 0.3) is 0 Å². The zero-order chi connectivity index (χ0) is 13.3. The number of aromatic nitrogens is 3. The van der Waals surface area contributed by atoms with Gasteiger partial charge in [-0.3, -0.25) is 0 Å². The van der Waals surface area contributed by atoms with E-state index in [2.05, 4.69) is 10.1 Å². The SMILES string of the molecule is Cc1nc(C)n(C[C@@H](O)c2cc(F)ccc2F)n1. The predicted molar refractivity (Wildman–Crippen MR) is 60.8 cm³/mol. The molecular formula is C12H13F2N3O. The molecule has 18 heavy (non-hydrogen) atoms. The number of aliphatic hydroxyl groups is 1. The van der Waals surface area contributed by atoms with Gasteiger partial charge in [0, 0.05) is 5.56 Å². The van der Waals surface area contributed by atoms with E-state index in [1.807, 2.05) is 0 Å². The number of hydrogen-bond donors (Lipinski definition) is 1. The number of aryl methyl sites for hydroxylation is 2. The Balaban J connectivity index is 2.24. The standard InChI is InChI=1S/C12H13F2N3O/c1-7-15-8(2)17(16-7)6-12(18)10-5-9(13)3-4-11(10)14/h3-5,12,18H,6H2,1-2H3/t12-/m1/s1. The van der Waals surface area contributed by atoms with Crippen molar-refractivity contribution in [1.29, 1.82) is 0 Å². The van der Waals surface area contributed by atoms with E-state index in [9.17, 15) is 13.9 Å². The van der Waals surface area contributed by atoms with Crippen molar-refractivity contribution >= 4 is 0 Å². The number of benzene rings is 1. The third-order valence-electron chi connectivity index (χ3n) is 2.63. The Bertz CT molecular complexity index is 568. The van der Waals surface area contributed by atoms with Crippen molar-refractivity contribution in [2.45, 2.75) is 26.5 Å². The highest BCUT2D eigenvalue weighted by Crippen LogP contribution is 2.20. The summed E-state index contributed by atoms with van der Waals surface area (Å²) in [4.78, 5) is 4.07. The molecule has 0 aliphatic heterocycles. The minimum atomic E-state index is -1.17. The van der Waals surface area contributed by atoms with Gasteiger partial charge in [-0.2, -0.15) is 5.10 Å². The van der Waals surface area contributed by atoms with Crippen molar-refractivity contribution in [2.24, 2.45) is 0 Å². The van der Waals surface area contributed by atoms with Crippen LogP contribution in [0.4, 0.5) is 8.78 Å². The highest BCUT2D eigenvalue weighted by atomic mass is 19.1. The summed E-state index contributed by atoms with van der Waals surface area (Å²) in [5, 5.41) is 14.0. The van der Waals surface area contributed by atoms with Gasteiger partial charge in [0.2, 0.25) is 0 Å². The van der Waals surface area contributed by atoms with Gasteiger partial charge < -0.3 is 5.11 Å². The van der Waals surface area contributed by atoms with Crippen molar-refractivity contribution < 1.29 is 13.9 Å². The molecule has 0 saturated carbocycles. The van der Waals surface area contributed by atoms with E-state index in [0.29, 0.717) is 11.6 Å². The summed E-state index contributed by atoms with van der Waals surface area (Å²) in [6, 6.07) is 2.99. The number of hydrogen-bond acceptors (Lipinski definition) is 3. The van der Waals surface area contributed by atoms with Gasteiger partial charge in [-0.05, 0) is 32.0 Å². The fourth-order valence-corrected chi connectivity index (χ4v) is 1.77. The van der Waals surface area contributed by atoms with Crippen molar-refractivity contribution in [2.75, 3.05) is 0 Å². The molecule has 2 rings (SSSR count). The molecule has 1 aromatic heterocycles. The molecule has 0 fully saturated rings. The second kappa shape index (κ2) is 4.81. The highest BCUT2D eigenvalue weighted by Gasteiger charge is 2.16. The van der Waals surface area contributed by atoms with Crippen LogP contribution < -0.4 is 0 Å². The minimum absolute atomic E-state index is 0.0348. The summed E-state index contributed by atoms with van der Waals surface area (Å²) in [5.74, 6) is -0.0434. The predicted octanol–water partition coefficient (Wildman–Crippen LogP) is 1.91. The fraction of sp³-hybridized carbons (Fsp3) is 0.333. The molecule has 0 aliphatic rings. The minimum Gasteiger partial charge on any atom is -0.386 e. The monoisotopic (exact) mass is 253 g/mol. The number of aliphatic hydroxyl groups excluding tert-OH is 1. The molecule has 0 unspecified atom stereocenters. The van der Waals surface area contributed by atoms with Crippen LogP contribution in [0.3, 0.4) is 0 Å². The highest BCUT2D eigenvalue weighted by molar-refractivity contribution is 5.21. The van der Waals surface area contributed by atoms with Gasteiger partial charge in [0.1, 0.15) is 29.4 Å². The lowest BCUT2D eigenvalue weighted by atomic mass is 10.1. The number of halogens is 2. The van der Waals surface area contributed by atoms with Crippen LogP contribution >= 0.6 is 0 Å². The van der Waals surface area contributed by atoms with Crippen LogP contribution in [0.15, 0.2) is 18.2 Å². The average Bonchev–Trinajstić information content (AvgIpc) is 2.61. The second-order valence-corrected chi connectivity index (χ2v) is 4.07. The first kappa shape index (κ1) is 12.6. The summed E-state index contributed by atoms with van der Waals surface area (Å²) in [5.41, 5.74) is -0.0810. The summed E-state index contributed by atoms with van der Waals surface area (Å²) in [7, 11) is 0. The van der Waals surface area contributed by atoms with Gasteiger partial charge >= 0.3 is 0 Å². The molecule has 1 N–H and O–H groups in total. The maximum atomic E-state index is 13.5. The van der Waals surface area contributed by atoms with Gasteiger partial charge in [-0.25, -0.2) is 18.4 Å². The Morgan fingerprint density at radius 3 is 2.67 bits per heavy atom. The molecular weight excluding hydrogens is 240 g/mol. The Hall–Kier alpha value is -1.82. The fourth-order valence-electron chi connectivity index (χ4n) is 1.77. The van der Waals surface area contributed by atoms with E-state index >= 15 is 0 Å². The largest absolute Gasteiger partial charge is 0.386 e. The topological polar surface area (TPSA) is 50.9 Å². The Labute approximate surface area is 103 Å². The zero-order valence-corrected chi connectivity index (χ0v) is 10.1. The molecule has 0 radical (unpaired) electrons. The van der Waals surface area contributed by atoms with Crippen molar-refractivity contribution in [3.8, 4) is 0 Å². The Morgan fingerprint density at radius 2 is 2.06 bits per heavy atom. The van der Waals surface area contributed by atoms with E-state index in [1.54, 1.807) is 13.8 Å². The quantitative estimate of drug-likeness (QED) is 0.909. The molecule has 0 amide bonds. The molecule has 0 spiro atoms. The first-order valence-corrected chi connectivity index (χ1v) is 5.48. The zero-order valence-electron chi connectivity index (χ0n) is 10.1. The van der Waals surface area contributed by atoms with Crippen molar-refractivity contribution in [3.63, 3.8) is 0 Å². The molecule has 1 atom stereocenters. The Morgan fingerprint density at radius 1 is 1.33 bits per heavy atom. The van der Waals surface area contributed by atoms with Crippen LogP contribution in [0.1, 0.15) is 23.3 Å². The van der Waals surface area contributed by atoms with Gasteiger partial charge in [-0.15, -0.1) is 0 Å². The summed E-state index contributed by atoms with van der Waals surface area (Å²) < 4.78 is 27.9. The average molecular weight is 253 g/mol. The summed E-state index contributed by atoms with van der Waals surface area (Å²) in [6.45, 7) is 3.49. The molecule has 0 bridgehead atoms. The van der Waals surface area contributed by atoms with Crippen LogP contribution in [-0.2, 0) is 6.54 Å². The van der Waals surface area contributed by atoms with Crippen LogP contribution in [0.2, 0.25) is 0 Å². The van der Waals surface area contributed by atoms with Crippen molar-refractivity contribution in [1.82, 2.24) is 14.8 Å². The van der Waals surface area contributed by atoms with Crippen molar-refractivity contribution in [3.05, 3.63) is 47.0 Å². The van der Waals surface area contributed by atoms with Gasteiger partial charge in [-0.1, -0.05) is 0 Å². The summed E-state index contributed by atoms with van der Waals surface area (Å²) >= 11 is 0. The second-order valence-electron chi connectivity index (χ2n) is 4.07. The molecule has 0 aliphatic carbocycles. The number of nitrogens with zero attached hydrogens (tertiary/aromatic N) is 3. The number of rotatable bonds is 3. The van der Waals surface area contributed by atoms with Crippen LogP contribution in [0.25, 0.3) is 0 Å². The third kappa shape index (κ3) is 2.53. The maximum absolute atomic E-state index is 13.5. The van der Waals surface area contributed by atoms with Crippen LogP contribution in [0, 0.1) is 25.5 Å². The maximum Gasteiger partial charge on any atom is 0.147 e. The molecule has 1 heterocycles. The smallest absolute Gasteiger partial charge is 0.147 e. The van der Waals surface area contributed by atoms with E-state index < -0.39 is 17.7 Å². The molecule has 6 heteroatoms. The van der Waals surface area contributed by atoms with E-state index in [1.165, 1.54) is 4.68 Å². The third-order valence-corrected chi connectivity index (χ3v) is 2.63. The molecule has 0 saturated heterocycles. The normalized spacial score (nSPS) is 12.7. The first-order chi connectivity index (χ1) is 8.47. The molecule has 2 aromatic rings. The lowest BCUT2D eigenvalue weighted by Gasteiger charge is -2.12. The Kier molecular flexibility index (Phi) is 3.38. The van der Waals surface area contributed by atoms with Gasteiger partial charge in [0.15, 0.2) is 0 Å². The lowest BCUT2D eigenvalue weighted by Crippen LogP contribution is -2.13.